The number of sulfonamides is 1. The summed E-state index contributed by atoms with van der Waals surface area (Å²) in [4.78, 5) is 22.5. The number of benzene rings is 2. The van der Waals surface area contributed by atoms with Gasteiger partial charge in [-0.3, -0.25) is 19.6 Å². The fourth-order valence-electron chi connectivity index (χ4n) is 2.52. The fourth-order valence-corrected chi connectivity index (χ4v) is 3.08. The van der Waals surface area contributed by atoms with E-state index in [0.717, 1.165) is 6.26 Å². The first-order valence-corrected chi connectivity index (χ1v) is 10.3. The van der Waals surface area contributed by atoms with Crippen LogP contribution in [0.15, 0.2) is 71.2 Å². The van der Waals surface area contributed by atoms with Gasteiger partial charge in [-0.1, -0.05) is 0 Å². The van der Waals surface area contributed by atoms with Crippen molar-refractivity contribution >= 4 is 33.3 Å². The normalized spacial score (nSPS) is 11.5. The highest BCUT2D eigenvalue weighted by atomic mass is 32.2. The standard InChI is InChI=1S/C20H16N2O6S/c1-29(26,27)21-16-6-2-14(3-7-16)19(23)12-10-18-11-13-20(28-18)15-4-8-17(9-5-15)22(24)25/h2-13,21H,1H3. The average Bonchev–Trinajstić information content (AvgIpc) is 3.14. The predicted octanol–water partition coefficient (Wildman–Crippen LogP) is 4.12. The van der Waals surface area contributed by atoms with E-state index in [9.17, 15) is 23.3 Å². The molecule has 9 heteroatoms. The summed E-state index contributed by atoms with van der Waals surface area (Å²) >= 11 is 0. The van der Waals surface area contributed by atoms with Crippen molar-refractivity contribution in [1.82, 2.24) is 0 Å². The zero-order valence-electron chi connectivity index (χ0n) is 15.2. The molecule has 3 rings (SSSR count). The number of ketones is 1. The first-order chi connectivity index (χ1) is 13.7. The monoisotopic (exact) mass is 412 g/mol. The Morgan fingerprint density at radius 3 is 2.28 bits per heavy atom. The summed E-state index contributed by atoms with van der Waals surface area (Å²) in [7, 11) is -3.38. The Balaban J connectivity index is 1.68. The highest BCUT2D eigenvalue weighted by Crippen LogP contribution is 2.25. The van der Waals surface area contributed by atoms with Gasteiger partial charge in [-0.2, -0.15) is 0 Å². The lowest BCUT2D eigenvalue weighted by Gasteiger charge is -2.03. The van der Waals surface area contributed by atoms with Crippen LogP contribution >= 0.6 is 0 Å². The Bertz CT molecular complexity index is 1180. The van der Waals surface area contributed by atoms with Crippen LogP contribution in [0, 0.1) is 10.1 Å². The van der Waals surface area contributed by atoms with Gasteiger partial charge in [-0.15, -0.1) is 0 Å². The van der Waals surface area contributed by atoms with Crippen LogP contribution in [0.1, 0.15) is 16.1 Å². The van der Waals surface area contributed by atoms with Gasteiger partial charge in [0.2, 0.25) is 10.0 Å². The maximum Gasteiger partial charge on any atom is 0.269 e. The van der Waals surface area contributed by atoms with Crippen molar-refractivity contribution in [1.29, 1.82) is 0 Å². The van der Waals surface area contributed by atoms with Gasteiger partial charge in [0.25, 0.3) is 5.69 Å². The molecule has 0 radical (unpaired) electrons. The average molecular weight is 412 g/mol. The van der Waals surface area contributed by atoms with Gasteiger partial charge in [-0.25, -0.2) is 8.42 Å². The summed E-state index contributed by atoms with van der Waals surface area (Å²) in [6.45, 7) is 0. The van der Waals surface area contributed by atoms with Crippen LogP contribution in [-0.2, 0) is 10.0 Å². The molecule has 1 aromatic heterocycles. The number of nitro groups is 1. The second-order valence-electron chi connectivity index (χ2n) is 6.16. The highest BCUT2D eigenvalue weighted by molar-refractivity contribution is 7.92. The van der Waals surface area contributed by atoms with E-state index in [1.807, 2.05) is 0 Å². The number of allylic oxidation sites excluding steroid dienone is 1. The Hall–Kier alpha value is -3.72. The van der Waals surface area contributed by atoms with Gasteiger partial charge in [0, 0.05) is 28.9 Å². The fraction of sp³-hybridized carbons (Fsp3) is 0.0500. The molecule has 1 heterocycles. The van der Waals surface area contributed by atoms with E-state index in [0.29, 0.717) is 28.3 Å². The molecule has 0 aliphatic rings. The first-order valence-electron chi connectivity index (χ1n) is 8.36. The van der Waals surface area contributed by atoms with Crippen molar-refractivity contribution in [3.63, 3.8) is 0 Å². The molecule has 0 bridgehead atoms. The molecule has 148 valence electrons. The molecule has 0 saturated heterocycles. The third-order valence-electron chi connectivity index (χ3n) is 3.86. The van der Waals surface area contributed by atoms with Crippen molar-refractivity contribution < 1.29 is 22.6 Å². The first kappa shape index (κ1) is 20.0. The number of rotatable bonds is 7. The molecule has 0 aliphatic heterocycles. The summed E-state index contributed by atoms with van der Waals surface area (Å²) in [5.41, 5.74) is 1.42. The number of hydrogen-bond donors (Lipinski definition) is 1. The quantitative estimate of drug-likeness (QED) is 0.270. The van der Waals surface area contributed by atoms with Crippen molar-refractivity contribution in [3.05, 3.63) is 88.2 Å². The maximum absolute atomic E-state index is 12.3. The van der Waals surface area contributed by atoms with E-state index >= 15 is 0 Å². The van der Waals surface area contributed by atoms with E-state index in [4.69, 9.17) is 4.42 Å². The van der Waals surface area contributed by atoms with Crippen LogP contribution in [0.4, 0.5) is 11.4 Å². The highest BCUT2D eigenvalue weighted by Gasteiger charge is 2.09. The van der Waals surface area contributed by atoms with E-state index in [1.54, 1.807) is 24.3 Å². The zero-order chi connectivity index (χ0) is 21.0. The Morgan fingerprint density at radius 2 is 1.69 bits per heavy atom. The molecule has 0 spiro atoms. The molecule has 0 fully saturated rings. The van der Waals surface area contributed by atoms with Crippen molar-refractivity contribution in [2.75, 3.05) is 11.0 Å². The lowest BCUT2D eigenvalue weighted by Crippen LogP contribution is -2.09. The minimum absolute atomic E-state index is 0.0104. The number of hydrogen-bond acceptors (Lipinski definition) is 6. The van der Waals surface area contributed by atoms with E-state index < -0.39 is 14.9 Å². The number of carbonyl (C=O) groups excluding carboxylic acids is 1. The van der Waals surface area contributed by atoms with Crippen LogP contribution in [0.3, 0.4) is 0 Å². The lowest BCUT2D eigenvalue weighted by molar-refractivity contribution is -0.384. The predicted molar refractivity (Wildman–Crippen MR) is 109 cm³/mol. The van der Waals surface area contributed by atoms with Gasteiger partial charge >= 0.3 is 0 Å². The third-order valence-corrected chi connectivity index (χ3v) is 4.47. The van der Waals surface area contributed by atoms with Crippen molar-refractivity contribution in [2.45, 2.75) is 0 Å². The second kappa shape index (κ2) is 8.11. The van der Waals surface area contributed by atoms with Crippen LogP contribution in [0.5, 0.6) is 0 Å². The molecule has 29 heavy (non-hydrogen) atoms. The topological polar surface area (TPSA) is 120 Å². The largest absolute Gasteiger partial charge is 0.457 e. The zero-order valence-corrected chi connectivity index (χ0v) is 16.0. The molecule has 8 nitrogen and oxygen atoms in total. The minimum Gasteiger partial charge on any atom is -0.457 e. The maximum atomic E-state index is 12.3. The van der Waals surface area contributed by atoms with Crippen LogP contribution in [0.2, 0.25) is 0 Å². The van der Waals surface area contributed by atoms with E-state index in [2.05, 4.69) is 4.72 Å². The number of non-ortho nitro benzene ring substituents is 1. The van der Waals surface area contributed by atoms with Crippen LogP contribution in [0.25, 0.3) is 17.4 Å². The molecule has 2 aromatic carbocycles. The SMILES string of the molecule is CS(=O)(=O)Nc1ccc(C(=O)C=Cc2ccc(-c3ccc([N+](=O)[O-])cc3)o2)cc1. The lowest BCUT2D eigenvalue weighted by atomic mass is 10.1. The molecule has 0 unspecified atom stereocenters. The molecule has 0 amide bonds. The Morgan fingerprint density at radius 1 is 1.03 bits per heavy atom. The number of anilines is 1. The van der Waals surface area contributed by atoms with Crippen molar-refractivity contribution in [2.24, 2.45) is 0 Å². The summed E-state index contributed by atoms with van der Waals surface area (Å²) in [6, 6.07) is 15.4. The number of carbonyl (C=O) groups is 1. The van der Waals surface area contributed by atoms with Crippen LogP contribution in [-0.4, -0.2) is 25.4 Å². The minimum atomic E-state index is -3.38. The van der Waals surface area contributed by atoms with E-state index in [1.165, 1.54) is 48.6 Å². The summed E-state index contributed by atoms with van der Waals surface area (Å²) in [5.74, 6) is 0.689. The number of furan rings is 1. The third kappa shape index (κ3) is 5.39. The molecular formula is C20H16N2O6S. The molecule has 0 atom stereocenters. The van der Waals surface area contributed by atoms with Crippen LogP contribution < -0.4 is 4.72 Å². The van der Waals surface area contributed by atoms with Gasteiger partial charge < -0.3 is 4.42 Å². The molecular weight excluding hydrogens is 396 g/mol. The van der Waals surface area contributed by atoms with E-state index in [-0.39, 0.29) is 11.5 Å². The van der Waals surface area contributed by atoms with Gasteiger partial charge in [-0.05, 0) is 60.7 Å². The molecule has 0 saturated carbocycles. The van der Waals surface area contributed by atoms with Gasteiger partial charge in [0.05, 0.1) is 11.2 Å². The summed E-state index contributed by atoms with van der Waals surface area (Å²) in [6.07, 6.45) is 3.90. The molecule has 1 N–H and O–H groups in total. The summed E-state index contributed by atoms with van der Waals surface area (Å²) in [5, 5.41) is 10.7. The number of nitrogens with zero attached hydrogens (tertiary/aromatic N) is 1. The molecule has 3 aromatic rings. The second-order valence-corrected chi connectivity index (χ2v) is 7.90. The molecule has 0 aliphatic carbocycles. The van der Waals surface area contributed by atoms with Crippen molar-refractivity contribution in [3.8, 4) is 11.3 Å². The Labute approximate surface area is 166 Å². The number of nitro benzene ring substituents is 1. The van der Waals surface area contributed by atoms with Gasteiger partial charge in [0.1, 0.15) is 11.5 Å². The summed E-state index contributed by atoms with van der Waals surface area (Å²) < 4.78 is 30.4. The number of nitrogens with one attached hydrogen (secondary N) is 1. The Kier molecular flexibility index (Phi) is 5.60. The smallest absolute Gasteiger partial charge is 0.269 e. The van der Waals surface area contributed by atoms with Gasteiger partial charge in [0.15, 0.2) is 5.78 Å².